The van der Waals surface area contributed by atoms with Crippen LogP contribution in [0.4, 0.5) is 0 Å². The van der Waals surface area contributed by atoms with Crippen LogP contribution < -0.4 is 0 Å². The minimum atomic E-state index is 0.804. The molecule has 0 aromatic carbocycles. The van der Waals surface area contributed by atoms with Gasteiger partial charge < -0.3 is 9.72 Å². The molecule has 0 saturated carbocycles. The topological polar surface area (TPSA) is 37.4 Å². The molecule has 0 saturated heterocycles. The van der Waals surface area contributed by atoms with Gasteiger partial charge in [0.15, 0.2) is 0 Å². The molecular weight excluding hydrogens is 268 g/mol. The fourth-order valence-electron chi connectivity index (χ4n) is 2.28. The number of allylic oxidation sites excluding steroid dienone is 1. The molecule has 0 amide bonds. The van der Waals surface area contributed by atoms with Gasteiger partial charge in [0.1, 0.15) is 11.5 Å². The van der Waals surface area contributed by atoms with E-state index in [1.165, 1.54) is 5.56 Å². The number of hydrogen-bond donors (Lipinski definition) is 1. The average Bonchev–Trinajstić information content (AvgIpc) is 3.11. The lowest BCUT2D eigenvalue weighted by molar-refractivity contribution is 0.303. The molecule has 0 unspecified atom stereocenters. The molecule has 3 heterocycles. The SMILES string of the molecule is COC1=CC(c2ccsc2)=N/C1=C\c1[nH]c(C)cc1C. The van der Waals surface area contributed by atoms with Crippen LogP contribution in [0.15, 0.2) is 45.4 Å². The van der Waals surface area contributed by atoms with Gasteiger partial charge in [0, 0.05) is 28.4 Å². The monoisotopic (exact) mass is 284 g/mol. The third-order valence-corrected chi connectivity index (χ3v) is 3.95. The van der Waals surface area contributed by atoms with E-state index in [1.807, 2.05) is 12.2 Å². The summed E-state index contributed by atoms with van der Waals surface area (Å²) in [7, 11) is 1.68. The van der Waals surface area contributed by atoms with Gasteiger partial charge in [0.2, 0.25) is 0 Å². The number of nitrogens with one attached hydrogen (secondary N) is 1. The van der Waals surface area contributed by atoms with Crippen LogP contribution in [-0.4, -0.2) is 17.8 Å². The maximum absolute atomic E-state index is 5.44. The van der Waals surface area contributed by atoms with Crippen LogP contribution in [0, 0.1) is 13.8 Å². The predicted molar refractivity (Wildman–Crippen MR) is 84.2 cm³/mol. The standard InChI is InChI=1S/C16H16N2OS/c1-10-6-11(2)17-13(10)7-15-16(19-3)8-14(18-15)12-4-5-20-9-12/h4-9,17H,1-3H3/b15-7-. The van der Waals surface area contributed by atoms with Crippen molar-refractivity contribution in [3.8, 4) is 0 Å². The summed E-state index contributed by atoms with van der Waals surface area (Å²) in [5.74, 6) is 0.804. The van der Waals surface area contributed by atoms with Crippen LogP contribution in [0.2, 0.25) is 0 Å². The van der Waals surface area contributed by atoms with Crippen molar-refractivity contribution in [1.29, 1.82) is 0 Å². The summed E-state index contributed by atoms with van der Waals surface area (Å²) in [6.07, 6.45) is 4.02. The molecule has 0 aliphatic carbocycles. The molecule has 3 nitrogen and oxygen atoms in total. The van der Waals surface area contributed by atoms with Gasteiger partial charge in [0.25, 0.3) is 0 Å². The van der Waals surface area contributed by atoms with Crippen LogP contribution in [0.1, 0.15) is 22.5 Å². The lowest BCUT2D eigenvalue weighted by Crippen LogP contribution is -1.89. The molecule has 0 radical (unpaired) electrons. The van der Waals surface area contributed by atoms with Crippen molar-refractivity contribution in [2.24, 2.45) is 4.99 Å². The third kappa shape index (κ3) is 2.34. The summed E-state index contributed by atoms with van der Waals surface area (Å²) in [6, 6.07) is 4.20. The Kier molecular flexibility index (Phi) is 3.32. The molecule has 0 bridgehead atoms. The quantitative estimate of drug-likeness (QED) is 0.906. The number of rotatable bonds is 3. The number of methoxy groups -OCH3 is 1. The molecule has 1 aliphatic heterocycles. The zero-order valence-corrected chi connectivity index (χ0v) is 12.5. The van der Waals surface area contributed by atoms with Crippen LogP contribution in [0.5, 0.6) is 0 Å². The van der Waals surface area contributed by atoms with Gasteiger partial charge in [-0.05, 0) is 43.0 Å². The van der Waals surface area contributed by atoms with Crippen molar-refractivity contribution in [3.05, 3.63) is 62.9 Å². The van der Waals surface area contributed by atoms with Gasteiger partial charge in [-0.25, -0.2) is 4.99 Å². The molecule has 3 rings (SSSR count). The summed E-state index contributed by atoms with van der Waals surface area (Å²) in [5, 5.41) is 4.15. The molecule has 4 heteroatoms. The molecule has 0 fully saturated rings. The highest BCUT2D eigenvalue weighted by Gasteiger charge is 2.17. The summed E-state index contributed by atoms with van der Waals surface area (Å²) >= 11 is 1.67. The first-order valence-corrected chi connectivity index (χ1v) is 7.37. The van der Waals surface area contributed by atoms with Crippen molar-refractivity contribution >= 4 is 23.1 Å². The Labute approximate surface area is 122 Å². The highest BCUT2D eigenvalue weighted by molar-refractivity contribution is 7.08. The van der Waals surface area contributed by atoms with Gasteiger partial charge in [-0.1, -0.05) is 0 Å². The Morgan fingerprint density at radius 2 is 2.20 bits per heavy atom. The van der Waals surface area contributed by atoms with E-state index in [0.29, 0.717) is 0 Å². The fourth-order valence-corrected chi connectivity index (χ4v) is 2.93. The van der Waals surface area contributed by atoms with E-state index >= 15 is 0 Å². The highest BCUT2D eigenvalue weighted by Crippen LogP contribution is 2.26. The Balaban J connectivity index is 2.01. The Morgan fingerprint density at radius 1 is 1.35 bits per heavy atom. The predicted octanol–water partition coefficient (Wildman–Crippen LogP) is 4.07. The lowest BCUT2D eigenvalue weighted by atomic mass is 10.2. The highest BCUT2D eigenvalue weighted by atomic mass is 32.1. The summed E-state index contributed by atoms with van der Waals surface area (Å²) < 4.78 is 5.44. The molecule has 2 aromatic heterocycles. The first-order valence-electron chi connectivity index (χ1n) is 6.42. The molecule has 1 aliphatic rings. The fraction of sp³-hybridized carbons (Fsp3) is 0.188. The second kappa shape index (κ2) is 5.13. The number of nitrogens with zero attached hydrogens (tertiary/aromatic N) is 1. The third-order valence-electron chi connectivity index (χ3n) is 3.27. The molecular formula is C16H16N2OS. The second-order valence-electron chi connectivity index (χ2n) is 4.80. The van der Waals surface area contributed by atoms with E-state index < -0.39 is 0 Å². The molecule has 20 heavy (non-hydrogen) atoms. The number of thiophene rings is 1. The van der Waals surface area contributed by atoms with Crippen molar-refractivity contribution < 1.29 is 4.74 Å². The van der Waals surface area contributed by atoms with Crippen LogP contribution in [-0.2, 0) is 4.74 Å². The van der Waals surface area contributed by atoms with Crippen molar-refractivity contribution in [2.45, 2.75) is 13.8 Å². The first kappa shape index (κ1) is 12.9. The zero-order chi connectivity index (χ0) is 14.1. The van der Waals surface area contributed by atoms with E-state index in [4.69, 9.17) is 4.74 Å². The van der Waals surface area contributed by atoms with Crippen molar-refractivity contribution in [3.63, 3.8) is 0 Å². The van der Waals surface area contributed by atoms with Crippen LogP contribution in [0.25, 0.3) is 6.08 Å². The van der Waals surface area contributed by atoms with E-state index in [0.717, 1.165) is 34.1 Å². The maximum atomic E-state index is 5.44. The summed E-state index contributed by atoms with van der Waals surface area (Å²) in [4.78, 5) is 8.01. The zero-order valence-electron chi connectivity index (χ0n) is 11.7. The Bertz CT molecular complexity index is 718. The number of hydrogen-bond acceptors (Lipinski definition) is 3. The van der Waals surface area contributed by atoms with E-state index in [2.05, 4.69) is 46.7 Å². The minimum absolute atomic E-state index is 0.804. The Hall–Kier alpha value is -2.07. The van der Waals surface area contributed by atoms with E-state index in [9.17, 15) is 0 Å². The van der Waals surface area contributed by atoms with E-state index in [-0.39, 0.29) is 0 Å². The largest absolute Gasteiger partial charge is 0.494 e. The van der Waals surface area contributed by atoms with E-state index in [1.54, 1.807) is 18.4 Å². The molecule has 0 atom stereocenters. The molecule has 1 N–H and O–H groups in total. The normalized spacial score (nSPS) is 16.4. The van der Waals surface area contributed by atoms with Crippen molar-refractivity contribution in [1.82, 2.24) is 4.98 Å². The van der Waals surface area contributed by atoms with Gasteiger partial charge in [-0.3, -0.25) is 0 Å². The maximum Gasteiger partial charge on any atom is 0.146 e. The Morgan fingerprint density at radius 3 is 2.80 bits per heavy atom. The lowest BCUT2D eigenvalue weighted by Gasteiger charge is -2.01. The number of aryl methyl sites for hydroxylation is 2. The van der Waals surface area contributed by atoms with Crippen molar-refractivity contribution in [2.75, 3.05) is 7.11 Å². The number of aromatic nitrogens is 1. The molecule has 2 aromatic rings. The smallest absolute Gasteiger partial charge is 0.146 e. The minimum Gasteiger partial charge on any atom is -0.494 e. The summed E-state index contributed by atoms with van der Waals surface area (Å²) in [5.41, 5.74) is 6.39. The number of H-pyrrole nitrogens is 1. The van der Waals surface area contributed by atoms with Gasteiger partial charge in [-0.15, -0.1) is 0 Å². The number of ether oxygens (including phenoxy) is 1. The second-order valence-corrected chi connectivity index (χ2v) is 5.58. The summed E-state index contributed by atoms with van der Waals surface area (Å²) in [6.45, 7) is 4.14. The van der Waals surface area contributed by atoms with Crippen LogP contribution in [0.3, 0.4) is 0 Å². The average molecular weight is 284 g/mol. The number of aliphatic imine (C=N–C) groups is 1. The van der Waals surface area contributed by atoms with Gasteiger partial charge in [-0.2, -0.15) is 11.3 Å². The molecule has 0 spiro atoms. The van der Waals surface area contributed by atoms with Gasteiger partial charge in [0.05, 0.1) is 12.8 Å². The molecule has 102 valence electrons. The van der Waals surface area contributed by atoms with Gasteiger partial charge >= 0.3 is 0 Å². The van der Waals surface area contributed by atoms with Crippen LogP contribution >= 0.6 is 11.3 Å². The first-order chi connectivity index (χ1) is 9.67. The number of aromatic amines is 1.